The number of fused-ring (bicyclic) bond motifs is 1. The molecule has 5 atom stereocenters. The van der Waals surface area contributed by atoms with Gasteiger partial charge in [0.1, 0.15) is 0 Å². The van der Waals surface area contributed by atoms with Crippen molar-refractivity contribution in [3.63, 3.8) is 0 Å². The molecular weight excluding hydrogens is 471 g/mol. The van der Waals surface area contributed by atoms with E-state index in [9.17, 15) is 24.3 Å². The molecule has 3 rings (SSSR count). The molecule has 14 heteroatoms. The van der Waals surface area contributed by atoms with Gasteiger partial charge in [-0.05, 0) is 0 Å². The van der Waals surface area contributed by atoms with E-state index in [2.05, 4.69) is 19.3 Å². The molecule has 0 spiro atoms. The van der Waals surface area contributed by atoms with Crippen molar-refractivity contribution in [2.24, 2.45) is 0 Å². The van der Waals surface area contributed by atoms with Gasteiger partial charge in [-0.1, -0.05) is 0 Å². The van der Waals surface area contributed by atoms with Gasteiger partial charge in [0.15, 0.2) is 0 Å². The number of nitrogen functional groups attached to an aromatic ring is 1. The molecule has 0 amide bonds. The zero-order valence-electron chi connectivity index (χ0n) is 15.5. The molecule has 0 saturated carbocycles. The van der Waals surface area contributed by atoms with Crippen LogP contribution in [0.25, 0.3) is 11.2 Å². The summed E-state index contributed by atoms with van der Waals surface area (Å²) >= 11 is -1.09. The van der Waals surface area contributed by atoms with Crippen molar-refractivity contribution in [1.29, 1.82) is 0 Å². The molecule has 1 radical (unpaired) electrons. The number of ether oxygens (including phenoxy) is 1. The van der Waals surface area contributed by atoms with Gasteiger partial charge in [-0.2, -0.15) is 0 Å². The van der Waals surface area contributed by atoms with E-state index in [1.165, 1.54) is 29.0 Å². The summed E-state index contributed by atoms with van der Waals surface area (Å²) < 4.78 is 20.3. The molecule has 0 bridgehead atoms. The average Bonchev–Trinajstić information content (AvgIpc) is 3.22. The third-order valence-electron chi connectivity index (χ3n) is 4.51. The fourth-order valence-electron chi connectivity index (χ4n) is 2.99. The molecule has 7 N–H and O–H groups in total. The first-order valence-corrected chi connectivity index (χ1v) is 12.9. The van der Waals surface area contributed by atoms with Crippen LogP contribution in [0.1, 0.15) is 12.6 Å². The van der Waals surface area contributed by atoms with Crippen LogP contribution in [0, 0.1) is 0 Å². The number of carboxylic acids is 1. The quantitative estimate of drug-likeness (QED) is 0.217. The van der Waals surface area contributed by atoms with E-state index in [1.54, 1.807) is 0 Å². The number of thioether (sulfide) groups is 1. The number of aromatic nitrogens is 4. The Labute approximate surface area is 174 Å². The molecule has 2 aromatic rings. The Morgan fingerprint density at radius 2 is 2.17 bits per heavy atom. The van der Waals surface area contributed by atoms with Crippen molar-refractivity contribution in [2.75, 3.05) is 17.7 Å². The van der Waals surface area contributed by atoms with Gasteiger partial charge in [-0.15, -0.1) is 0 Å². The van der Waals surface area contributed by atoms with Gasteiger partial charge in [0.25, 0.3) is 0 Å². The second kappa shape index (κ2) is 9.53. The molecule has 12 nitrogen and oxygen atoms in total. The van der Waals surface area contributed by atoms with Gasteiger partial charge in [0, 0.05) is 0 Å². The predicted molar refractivity (Wildman–Crippen MR) is 106 cm³/mol. The molecule has 161 valence electrons. The van der Waals surface area contributed by atoms with Gasteiger partial charge < -0.3 is 0 Å². The summed E-state index contributed by atoms with van der Waals surface area (Å²) in [6.07, 6.45) is 0.430. The number of aliphatic hydroxyl groups excluding tert-OH is 2. The van der Waals surface area contributed by atoms with Crippen molar-refractivity contribution in [3.8, 4) is 0 Å². The van der Waals surface area contributed by atoms with Crippen LogP contribution < -0.4 is 10.1 Å². The Kier molecular flexibility index (Phi) is 7.29. The van der Waals surface area contributed by atoms with Crippen molar-refractivity contribution in [3.05, 3.63) is 12.7 Å². The van der Waals surface area contributed by atoms with E-state index < -0.39 is 51.0 Å². The van der Waals surface area contributed by atoms with E-state index in [0.29, 0.717) is 23.3 Å². The minimum atomic E-state index is -2.60. The Bertz CT molecular complexity index is 858. The van der Waals surface area contributed by atoms with Gasteiger partial charge in [0.2, 0.25) is 0 Å². The standard InChI is InChI=1S/C15H23N6O6SSe/c1-28-3-2-7(15(24)25)20-29(26)4-8-10(22)11(23)14(27-8)21-6-19-9-12(16)17-5-18-13(9)21/h5-8,10-11,14,20,22-23,26H,2-4H2,1H3,(H,24,25)(H2,16,17,18)/t7-,8+,10+,11+,14+/m0/s1. The fourth-order valence-corrected chi connectivity index (χ4v) is 6.04. The summed E-state index contributed by atoms with van der Waals surface area (Å²) in [5.74, 6) is -0.241. The van der Waals surface area contributed by atoms with Crippen LogP contribution in [0.5, 0.6) is 0 Å². The fraction of sp³-hybridized carbons (Fsp3) is 0.600. The minimum absolute atomic E-state index is 0.00152. The van der Waals surface area contributed by atoms with Crippen LogP contribution in [0.2, 0.25) is 5.32 Å². The third kappa shape index (κ3) is 4.81. The van der Waals surface area contributed by atoms with E-state index in [-0.39, 0.29) is 11.1 Å². The molecule has 1 saturated heterocycles. The van der Waals surface area contributed by atoms with E-state index in [1.807, 2.05) is 6.26 Å². The number of rotatable bonds is 9. The molecule has 0 aromatic carbocycles. The zero-order valence-corrected chi connectivity index (χ0v) is 18.0. The predicted octanol–water partition coefficient (Wildman–Crippen LogP) is -1.70. The molecular formula is C15H23N6O6SSe. The summed E-state index contributed by atoms with van der Waals surface area (Å²) in [7, 11) is 0. The molecule has 1 fully saturated rings. The Balaban J connectivity index is 1.69. The summed E-state index contributed by atoms with van der Waals surface area (Å²) in [6, 6.07) is -0.881. The van der Waals surface area contributed by atoms with Crippen LogP contribution in [0.3, 0.4) is 0 Å². The number of imidazole rings is 1. The molecule has 0 aliphatic carbocycles. The second-order valence-electron chi connectivity index (χ2n) is 6.45. The third-order valence-corrected chi connectivity index (χ3v) is 7.67. The van der Waals surface area contributed by atoms with Crippen LogP contribution in [0.15, 0.2) is 12.7 Å². The molecule has 2 aromatic heterocycles. The number of nitrogens with two attached hydrogens (primary N) is 1. The second-order valence-corrected chi connectivity index (χ2v) is 10.2. The number of hydrogen-bond acceptors (Lipinski definition) is 11. The topological polar surface area (TPSA) is 189 Å². The maximum atomic E-state index is 11.3. The van der Waals surface area contributed by atoms with Gasteiger partial charge >= 0.3 is 175 Å². The molecule has 1 aliphatic rings. The van der Waals surface area contributed by atoms with Crippen molar-refractivity contribution in [1.82, 2.24) is 23.9 Å². The van der Waals surface area contributed by atoms with Crippen LogP contribution >= 0.6 is 11.8 Å². The summed E-state index contributed by atoms with van der Waals surface area (Å²) in [6.45, 7) is 0. The van der Waals surface area contributed by atoms with Gasteiger partial charge in [-0.3, -0.25) is 0 Å². The van der Waals surface area contributed by atoms with Crippen LogP contribution in [0.4, 0.5) is 5.82 Å². The van der Waals surface area contributed by atoms with E-state index in [4.69, 9.17) is 10.5 Å². The first kappa shape index (κ1) is 22.2. The first-order chi connectivity index (χ1) is 13.8. The van der Waals surface area contributed by atoms with Crippen molar-refractivity contribution in [2.45, 2.75) is 42.3 Å². The average molecular weight is 494 g/mol. The van der Waals surface area contributed by atoms with Crippen molar-refractivity contribution >= 4 is 49.2 Å². The number of anilines is 1. The van der Waals surface area contributed by atoms with Crippen LogP contribution in [-0.4, -0.2) is 95.8 Å². The number of nitrogens with zero attached hydrogens (tertiary/aromatic N) is 4. The SMILES string of the molecule is CSCC[C@H](N[Se](O)C[C@H]1O[C@@H](n2cnc3c(N)ncnc32)[C@H](O)[C@@H]1O)C(=O)O. The Morgan fingerprint density at radius 3 is 2.86 bits per heavy atom. The number of aliphatic carboxylic acids is 1. The van der Waals surface area contributed by atoms with Gasteiger partial charge in [0.05, 0.1) is 0 Å². The Morgan fingerprint density at radius 1 is 1.41 bits per heavy atom. The molecule has 0 unspecified atom stereocenters. The Hall–Kier alpha value is -1.51. The van der Waals surface area contributed by atoms with Gasteiger partial charge in [-0.25, -0.2) is 0 Å². The number of nitrogens with one attached hydrogen (secondary N) is 1. The van der Waals surface area contributed by atoms with E-state index in [0.717, 1.165) is 0 Å². The summed E-state index contributed by atoms with van der Waals surface area (Å²) in [5.41, 5.74) is 6.45. The molecule has 29 heavy (non-hydrogen) atoms. The first-order valence-electron chi connectivity index (χ1n) is 8.66. The zero-order chi connectivity index (χ0) is 21.1. The summed E-state index contributed by atoms with van der Waals surface area (Å²) in [5, 5.41) is 30.1. The number of carbonyl (C=O) groups is 1. The number of carboxylic acid groups (broad SMARTS) is 1. The number of aliphatic hydroxyl groups is 2. The van der Waals surface area contributed by atoms with E-state index >= 15 is 0 Å². The number of hydrogen-bond donors (Lipinski definition) is 6. The molecule has 3 heterocycles. The monoisotopic (exact) mass is 495 g/mol. The van der Waals surface area contributed by atoms with Crippen LogP contribution in [-0.2, 0) is 9.53 Å². The maximum absolute atomic E-state index is 11.3. The van der Waals surface area contributed by atoms with Crippen molar-refractivity contribution < 1.29 is 29.0 Å². The summed E-state index contributed by atoms with van der Waals surface area (Å²) in [4.78, 5) is 23.4. The normalized spacial score (nSPS) is 25.7. The molecule has 1 aliphatic heterocycles.